The van der Waals surface area contributed by atoms with E-state index in [1.165, 1.54) is 6.07 Å². The molecule has 0 aromatic heterocycles. The van der Waals surface area contributed by atoms with Gasteiger partial charge in [-0.25, -0.2) is 8.78 Å². The maximum absolute atomic E-state index is 13.4. The molecule has 0 N–H and O–H groups in total. The lowest BCUT2D eigenvalue weighted by molar-refractivity contribution is 0.0282. The number of hydrogen-bond acceptors (Lipinski definition) is 5. The number of fused-ring (bicyclic) bond motifs is 1. The van der Waals surface area contributed by atoms with Crippen LogP contribution in [0.5, 0.6) is 5.75 Å². The molecule has 2 fully saturated rings. The summed E-state index contributed by atoms with van der Waals surface area (Å²) in [5, 5.41) is 2.76. The molecule has 1 aromatic carbocycles. The third kappa shape index (κ3) is 2.19. The van der Waals surface area contributed by atoms with E-state index in [1.54, 1.807) is 0 Å². The summed E-state index contributed by atoms with van der Waals surface area (Å²) in [5.74, 6) is -0.538. The van der Waals surface area contributed by atoms with Gasteiger partial charge in [0, 0.05) is 6.07 Å². The quantitative estimate of drug-likeness (QED) is 0.790. The topological polar surface area (TPSA) is 57.1 Å². The lowest BCUT2D eigenvalue weighted by Gasteiger charge is -2.18. The van der Waals surface area contributed by atoms with Crippen molar-refractivity contribution in [3.63, 3.8) is 0 Å². The van der Waals surface area contributed by atoms with E-state index < -0.39 is 30.3 Å². The van der Waals surface area contributed by atoms with Gasteiger partial charge in [-0.3, -0.25) is 0 Å². The van der Waals surface area contributed by atoms with Gasteiger partial charge in [-0.1, -0.05) is 0 Å². The zero-order chi connectivity index (χ0) is 13.4. The molecule has 2 heterocycles. The number of ether oxygens (including phenoxy) is 3. The van der Waals surface area contributed by atoms with Gasteiger partial charge in [-0.2, -0.15) is 0 Å². The van der Waals surface area contributed by atoms with Crippen molar-refractivity contribution in [1.29, 1.82) is 0 Å². The smallest absolute Gasteiger partial charge is 0.152 e. The molecule has 2 aliphatic rings. The van der Waals surface area contributed by atoms with Crippen molar-refractivity contribution in [3.8, 4) is 5.75 Å². The Morgan fingerprint density at radius 1 is 1.26 bits per heavy atom. The number of halogens is 2. The molecule has 0 aliphatic carbocycles. The minimum Gasteiger partial charge on any atom is -0.483 e. The predicted molar refractivity (Wildman–Crippen MR) is 60.6 cm³/mol. The molecule has 2 saturated heterocycles. The minimum atomic E-state index is -1.19. The van der Waals surface area contributed by atoms with E-state index in [1.807, 2.05) is 0 Å². The predicted octanol–water partition coefficient (Wildman–Crippen LogP) is 2.11. The molecular weight excluding hydrogens is 260 g/mol. The molecule has 19 heavy (non-hydrogen) atoms. The van der Waals surface area contributed by atoms with Gasteiger partial charge in [0.2, 0.25) is 0 Å². The van der Waals surface area contributed by atoms with Crippen LogP contribution >= 0.6 is 0 Å². The van der Waals surface area contributed by atoms with E-state index in [0.29, 0.717) is 0 Å². The lowest BCUT2D eigenvalue weighted by atomic mass is 10.1. The molecule has 102 valence electrons. The van der Waals surface area contributed by atoms with Crippen LogP contribution in [0.1, 0.15) is 0 Å². The van der Waals surface area contributed by atoms with Gasteiger partial charge in [-0.05, 0) is 17.3 Å². The average Bonchev–Trinajstić information content (AvgIpc) is 2.95. The van der Waals surface area contributed by atoms with Gasteiger partial charge in [0.1, 0.15) is 23.7 Å². The van der Waals surface area contributed by atoms with Gasteiger partial charge < -0.3 is 14.2 Å². The standard InChI is InChI=1S/C12H11F2NO4/c13-6-1-2-8(15-16)9(3-6)19-10-5-18-11-7(14)4-17-12(10)11/h1-3,7,10-12H,4-5H2/t7-,10+,11+,12+/m0/s1. The number of benzene rings is 1. The molecule has 0 unspecified atom stereocenters. The van der Waals surface area contributed by atoms with Crippen molar-refractivity contribution in [2.45, 2.75) is 24.5 Å². The lowest BCUT2D eigenvalue weighted by Crippen LogP contribution is -2.33. The van der Waals surface area contributed by atoms with E-state index in [4.69, 9.17) is 14.2 Å². The van der Waals surface area contributed by atoms with Gasteiger partial charge in [-0.15, -0.1) is 4.91 Å². The Morgan fingerprint density at radius 2 is 2.05 bits per heavy atom. The highest BCUT2D eigenvalue weighted by atomic mass is 19.1. The average molecular weight is 271 g/mol. The molecule has 0 saturated carbocycles. The van der Waals surface area contributed by atoms with Crippen molar-refractivity contribution in [2.75, 3.05) is 13.2 Å². The molecular formula is C12H11F2NO4. The second-order valence-corrected chi connectivity index (χ2v) is 4.47. The van der Waals surface area contributed by atoms with Gasteiger partial charge >= 0.3 is 0 Å². The summed E-state index contributed by atoms with van der Waals surface area (Å²) >= 11 is 0. The summed E-state index contributed by atoms with van der Waals surface area (Å²) in [6, 6.07) is 3.39. The fraction of sp³-hybridized carbons (Fsp3) is 0.500. The summed E-state index contributed by atoms with van der Waals surface area (Å²) in [6.07, 6.45) is -2.97. The van der Waals surface area contributed by atoms with E-state index in [-0.39, 0.29) is 24.7 Å². The Hall–Kier alpha value is -1.60. The molecule has 0 radical (unpaired) electrons. The zero-order valence-electron chi connectivity index (χ0n) is 9.79. The van der Waals surface area contributed by atoms with Gasteiger partial charge in [0.25, 0.3) is 0 Å². The maximum atomic E-state index is 13.4. The van der Waals surface area contributed by atoms with Crippen LogP contribution in [-0.4, -0.2) is 37.7 Å². The van der Waals surface area contributed by atoms with Gasteiger partial charge in [0.05, 0.1) is 13.2 Å². The summed E-state index contributed by atoms with van der Waals surface area (Å²) in [4.78, 5) is 10.6. The summed E-state index contributed by atoms with van der Waals surface area (Å²) < 4.78 is 42.5. The highest BCUT2D eigenvalue weighted by Gasteiger charge is 2.49. The van der Waals surface area contributed by atoms with E-state index in [9.17, 15) is 13.7 Å². The molecule has 4 atom stereocenters. The summed E-state index contributed by atoms with van der Waals surface area (Å²) in [5.41, 5.74) is -0.0142. The van der Waals surface area contributed by atoms with Crippen LogP contribution in [0.4, 0.5) is 14.5 Å². The first kappa shape index (κ1) is 12.4. The Kier molecular flexibility index (Phi) is 3.16. The minimum absolute atomic E-state index is 0.00941. The Morgan fingerprint density at radius 3 is 2.84 bits per heavy atom. The first-order chi connectivity index (χ1) is 9.19. The Balaban J connectivity index is 1.79. The van der Waals surface area contributed by atoms with Crippen LogP contribution in [0.25, 0.3) is 0 Å². The largest absolute Gasteiger partial charge is 0.483 e. The molecule has 0 spiro atoms. The summed E-state index contributed by atoms with van der Waals surface area (Å²) in [7, 11) is 0. The monoisotopic (exact) mass is 271 g/mol. The fourth-order valence-corrected chi connectivity index (χ4v) is 2.34. The van der Waals surface area contributed by atoms with Crippen LogP contribution in [-0.2, 0) is 9.47 Å². The highest BCUT2D eigenvalue weighted by molar-refractivity contribution is 5.51. The first-order valence-corrected chi connectivity index (χ1v) is 5.86. The van der Waals surface area contributed by atoms with Gasteiger partial charge in [0.15, 0.2) is 18.0 Å². The van der Waals surface area contributed by atoms with Crippen molar-refractivity contribution >= 4 is 5.69 Å². The number of hydrogen-bond donors (Lipinski definition) is 0. The van der Waals surface area contributed by atoms with Crippen molar-refractivity contribution in [1.82, 2.24) is 0 Å². The van der Waals surface area contributed by atoms with Crippen molar-refractivity contribution < 1.29 is 23.0 Å². The third-order valence-corrected chi connectivity index (χ3v) is 3.25. The number of alkyl halides is 1. The highest BCUT2D eigenvalue weighted by Crippen LogP contribution is 2.34. The molecule has 0 amide bonds. The molecule has 0 bridgehead atoms. The SMILES string of the molecule is O=Nc1ccc(F)cc1O[C@@H]1CO[C@H]2[C@@H]1OC[C@@H]2F. The van der Waals surface area contributed by atoms with Crippen LogP contribution in [0, 0.1) is 10.7 Å². The normalized spacial score (nSPS) is 33.2. The van der Waals surface area contributed by atoms with E-state index in [0.717, 1.165) is 12.1 Å². The first-order valence-electron chi connectivity index (χ1n) is 5.86. The van der Waals surface area contributed by atoms with Crippen molar-refractivity contribution in [3.05, 3.63) is 28.9 Å². The number of nitroso groups, excluding NO2 is 1. The Bertz CT molecular complexity index is 499. The van der Waals surface area contributed by atoms with Crippen LogP contribution in [0.2, 0.25) is 0 Å². The molecule has 1 aromatic rings. The van der Waals surface area contributed by atoms with E-state index in [2.05, 4.69) is 5.18 Å². The van der Waals surface area contributed by atoms with Crippen LogP contribution in [0.3, 0.4) is 0 Å². The van der Waals surface area contributed by atoms with Crippen LogP contribution in [0.15, 0.2) is 23.4 Å². The van der Waals surface area contributed by atoms with Crippen LogP contribution < -0.4 is 4.74 Å². The molecule has 5 nitrogen and oxygen atoms in total. The molecule has 7 heteroatoms. The fourth-order valence-electron chi connectivity index (χ4n) is 2.34. The third-order valence-electron chi connectivity index (χ3n) is 3.25. The van der Waals surface area contributed by atoms with Crippen molar-refractivity contribution in [2.24, 2.45) is 5.18 Å². The summed E-state index contributed by atoms with van der Waals surface area (Å²) in [6.45, 7) is 0.0850. The number of rotatable bonds is 3. The second-order valence-electron chi connectivity index (χ2n) is 4.47. The molecule has 3 rings (SSSR count). The zero-order valence-corrected chi connectivity index (χ0v) is 9.79. The number of nitrogens with zero attached hydrogens (tertiary/aromatic N) is 1. The van der Waals surface area contributed by atoms with E-state index >= 15 is 0 Å². The molecule has 2 aliphatic heterocycles. The second kappa shape index (κ2) is 4.82. The Labute approximate surface area is 107 Å². The maximum Gasteiger partial charge on any atom is 0.152 e.